The number of nitrogens with zero attached hydrogens (tertiary/aromatic N) is 1. The zero-order chi connectivity index (χ0) is 15.8. The summed E-state index contributed by atoms with van der Waals surface area (Å²) in [6.45, 7) is 0.323. The highest BCUT2D eigenvalue weighted by atomic mass is 16.6. The summed E-state index contributed by atoms with van der Waals surface area (Å²) in [6.07, 6.45) is 5.29. The van der Waals surface area contributed by atoms with Gasteiger partial charge in [0, 0.05) is 24.9 Å². The van der Waals surface area contributed by atoms with Gasteiger partial charge in [-0.05, 0) is 43.1 Å². The number of ether oxygens (including phenoxy) is 1. The van der Waals surface area contributed by atoms with Crippen LogP contribution in [0.1, 0.15) is 44.1 Å². The van der Waals surface area contributed by atoms with Crippen LogP contribution in [-0.2, 0) is 16.1 Å². The van der Waals surface area contributed by atoms with Crippen molar-refractivity contribution in [3.8, 4) is 0 Å². The first-order valence-corrected chi connectivity index (χ1v) is 8.73. The highest BCUT2D eigenvalue weighted by molar-refractivity contribution is 5.80. The van der Waals surface area contributed by atoms with Gasteiger partial charge in [0.25, 0.3) is 0 Å². The maximum atomic E-state index is 12.7. The van der Waals surface area contributed by atoms with Crippen LogP contribution in [-0.4, -0.2) is 28.9 Å². The monoisotopic (exact) mass is 313 g/mol. The van der Waals surface area contributed by atoms with Gasteiger partial charge in [-0.3, -0.25) is 4.79 Å². The summed E-state index contributed by atoms with van der Waals surface area (Å²) < 4.78 is 5.60. The van der Waals surface area contributed by atoms with Crippen LogP contribution in [0, 0.1) is 11.8 Å². The molecule has 1 aromatic rings. The molecule has 4 nitrogen and oxygen atoms in total. The minimum Gasteiger partial charge on any atom is -0.445 e. The van der Waals surface area contributed by atoms with Crippen molar-refractivity contribution in [1.82, 2.24) is 4.90 Å². The molecule has 2 saturated carbocycles. The van der Waals surface area contributed by atoms with Crippen LogP contribution in [0.3, 0.4) is 0 Å². The lowest BCUT2D eigenvalue weighted by Gasteiger charge is -2.33. The number of Topliss-reactive ketones (excluding diaryl/α,β-unsaturated/α-hetero) is 1. The summed E-state index contributed by atoms with van der Waals surface area (Å²) in [5.41, 5.74) is 1.01. The van der Waals surface area contributed by atoms with E-state index in [1.54, 1.807) is 0 Å². The molecule has 23 heavy (non-hydrogen) atoms. The van der Waals surface area contributed by atoms with Crippen molar-refractivity contribution >= 4 is 11.9 Å². The van der Waals surface area contributed by atoms with Gasteiger partial charge in [-0.2, -0.15) is 0 Å². The van der Waals surface area contributed by atoms with Crippen molar-refractivity contribution in [1.29, 1.82) is 0 Å². The van der Waals surface area contributed by atoms with E-state index in [0.29, 0.717) is 43.1 Å². The molecule has 3 aliphatic rings. The predicted molar refractivity (Wildman–Crippen MR) is 85.7 cm³/mol. The summed E-state index contributed by atoms with van der Waals surface area (Å²) in [7, 11) is 0. The number of likely N-dealkylation sites (tertiary alicyclic amines) is 1. The van der Waals surface area contributed by atoms with Crippen LogP contribution in [0.5, 0.6) is 0 Å². The third-order valence-corrected chi connectivity index (χ3v) is 5.59. The first kappa shape index (κ1) is 14.7. The van der Waals surface area contributed by atoms with Gasteiger partial charge in [0.2, 0.25) is 0 Å². The van der Waals surface area contributed by atoms with Gasteiger partial charge >= 0.3 is 6.09 Å². The third-order valence-electron chi connectivity index (χ3n) is 5.59. The molecule has 3 atom stereocenters. The first-order chi connectivity index (χ1) is 11.2. The van der Waals surface area contributed by atoms with Crippen molar-refractivity contribution in [3.05, 3.63) is 35.9 Å². The Morgan fingerprint density at radius 1 is 1.09 bits per heavy atom. The van der Waals surface area contributed by atoms with Gasteiger partial charge in [-0.1, -0.05) is 30.3 Å². The Bertz CT molecular complexity index is 596. The topological polar surface area (TPSA) is 46.6 Å². The fourth-order valence-electron chi connectivity index (χ4n) is 4.32. The van der Waals surface area contributed by atoms with Crippen LogP contribution < -0.4 is 0 Å². The number of ketones is 1. The molecule has 1 saturated heterocycles. The van der Waals surface area contributed by atoms with Crippen LogP contribution in [0.2, 0.25) is 0 Å². The summed E-state index contributed by atoms with van der Waals surface area (Å²) in [6, 6.07) is 10.3. The number of carbonyl (C=O) groups excluding carboxylic acids is 2. The number of fused-ring (bicyclic) bond motifs is 1. The number of hydrogen-bond donors (Lipinski definition) is 0. The lowest BCUT2D eigenvalue weighted by molar-refractivity contribution is -0.122. The molecular formula is C19H23NO3. The molecule has 1 heterocycles. The van der Waals surface area contributed by atoms with E-state index in [1.165, 1.54) is 12.8 Å². The highest BCUT2D eigenvalue weighted by Gasteiger charge is 2.51. The average molecular weight is 313 g/mol. The molecular weight excluding hydrogens is 290 g/mol. The minimum absolute atomic E-state index is 0.187. The van der Waals surface area contributed by atoms with Gasteiger partial charge in [0.05, 0.1) is 0 Å². The van der Waals surface area contributed by atoms with E-state index in [4.69, 9.17) is 4.74 Å². The van der Waals surface area contributed by atoms with E-state index in [1.807, 2.05) is 35.2 Å². The first-order valence-electron chi connectivity index (χ1n) is 8.73. The van der Waals surface area contributed by atoms with Crippen molar-refractivity contribution in [2.75, 3.05) is 0 Å². The molecule has 4 heteroatoms. The molecule has 1 amide bonds. The predicted octanol–water partition coefficient (Wildman–Crippen LogP) is 3.55. The van der Waals surface area contributed by atoms with Crippen LogP contribution in [0.25, 0.3) is 0 Å². The van der Waals surface area contributed by atoms with E-state index < -0.39 is 0 Å². The Hall–Kier alpha value is -1.84. The van der Waals surface area contributed by atoms with E-state index in [9.17, 15) is 9.59 Å². The third kappa shape index (κ3) is 2.99. The lowest BCUT2D eigenvalue weighted by Crippen LogP contribution is -2.45. The summed E-state index contributed by atoms with van der Waals surface area (Å²) in [4.78, 5) is 26.5. The van der Waals surface area contributed by atoms with Gasteiger partial charge in [0.15, 0.2) is 0 Å². The molecule has 1 aliphatic heterocycles. The fourth-order valence-corrected chi connectivity index (χ4v) is 4.32. The molecule has 0 N–H and O–H groups in total. The smallest absolute Gasteiger partial charge is 0.410 e. The Balaban J connectivity index is 1.46. The number of carbonyl (C=O) groups is 2. The molecule has 2 aliphatic carbocycles. The molecule has 0 radical (unpaired) electrons. The normalized spacial score (nSPS) is 30.2. The van der Waals surface area contributed by atoms with Crippen molar-refractivity contribution in [2.45, 2.75) is 57.2 Å². The minimum atomic E-state index is -0.187. The maximum Gasteiger partial charge on any atom is 0.410 e. The van der Waals surface area contributed by atoms with Crippen LogP contribution in [0.4, 0.5) is 4.79 Å². The van der Waals surface area contributed by atoms with E-state index in [2.05, 4.69) is 0 Å². The second-order valence-corrected chi connectivity index (χ2v) is 7.20. The Labute approximate surface area is 136 Å². The molecule has 4 rings (SSSR count). The standard InChI is InChI=1S/C19H23NO3/c21-16-8-9-17-15(10-16)11-18(14-6-7-14)20(17)19(22)23-12-13-4-2-1-3-5-13/h1-5,14-15,17-18H,6-12H2/t15-,17+,18+/m0/s1. The maximum absolute atomic E-state index is 12.7. The van der Waals surface area contributed by atoms with Crippen LogP contribution in [0.15, 0.2) is 30.3 Å². The zero-order valence-electron chi connectivity index (χ0n) is 13.3. The van der Waals surface area contributed by atoms with Crippen LogP contribution >= 0.6 is 0 Å². The number of rotatable bonds is 3. The zero-order valence-corrected chi connectivity index (χ0v) is 13.3. The molecule has 122 valence electrons. The number of benzene rings is 1. The van der Waals surface area contributed by atoms with Crippen molar-refractivity contribution < 1.29 is 14.3 Å². The second-order valence-electron chi connectivity index (χ2n) is 7.20. The summed E-state index contributed by atoms with van der Waals surface area (Å²) in [5.74, 6) is 1.34. The quantitative estimate of drug-likeness (QED) is 0.857. The van der Waals surface area contributed by atoms with Crippen molar-refractivity contribution in [3.63, 3.8) is 0 Å². The molecule has 0 unspecified atom stereocenters. The lowest BCUT2D eigenvalue weighted by atomic mass is 9.84. The molecule has 3 fully saturated rings. The Morgan fingerprint density at radius 3 is 2.61 bits per heavy atom. The van der Waals surface area contributed by atoms with Gasteiger partial charge < -0.3 is 9.64 Å². The fraction of sp³-hybridized carbons (Fsp3) is 0.579. The second kappa shape index (κ2) is 5.99. The van der Waals surface area contributed by atoms with Crippen molar-refractivity contribution in [2.24, 2.45) is 11.8 Å². The molecule has 0 aromatic heterocycles. The number of hydrogen-bond acceptors (Lipinski definition) is 3. The van der Waals surface area contributed by atoms with E-state index in [-0.39, 0.29) is 12.1 Å². The summed E-state index contributed by atoms with van der Waals surface area (Å²) in [5, 5.41) is 0. The highest BCUT2D eigenvalue weighted by Crippen LogP contribution is 2.47. The number of amides is 1. The molecule has 0 bridgehead atoms. The average Bonchev–Trinajstić information content (AvgIpc) is 3.34. The largest absolute Gasteiger partial charge is 0.445 e. The SMILES string of the molecule is O=C1CC[C@@H]2[C@@H](C1)C[C@H](C1CC1)N2C(=O)OCc1ccccc1. The van der Waals surface area contributed by atoms with Gasteiger partial charge in [-0.25, -0.2) is 4.79 Å². The summed E-state index contributed by atoms with van der Waals surface area (Å²) >= 11 is 0. The van der Waals surface area contributed by atoms with Gasteiger partial charge in [0.1, 0.15) is 12.4 Å². The molecule has 0 spiro atoms. The molecule has 1 aromatic carbocycles. The van der Waals surface area contributed by atoms with E-state index in [0.717, 1.165) is 18.4 Å². The van der Waals surface area contributed by atoms with Gasteiger partial charge in [-0.15, -0.1) is 0 Å². The van der Waals surface area contributed by atoms with E-state index >= 15 is 0 Å². The Morgan fingerprint density at radius 2 is 1.87 bits per heavy atom. The Kier molecular flexibility index (Phi) is 3.83.